The Labute approximate surface area is 175 Å². The van der Waals surface area contributed by atoms with Gasteiger partial charge in [-0.3, -0.25) is 4.79 Å². The molecule has 7 nitrogen and oxygen atoms in total. The lowest BCUT2D eigenvalue weighted by Crippen LogP contribution is -2.35. The second kappa shape index (κ2) is 11.6. The zero-order valence-electron chi connectivity index (χ0n) is 17.6. The molecule has 1 atom stereocenters. The van der Waals surface area contributed by atoms with Gasteiger partial charge in [-0.25, -0.2) is 8.42 Å². The maximum Gasteiger partial charge on any atom is 0.257 e. The lowest BCUT2D eigenvalue weighted by molar-refractivity contribution is 0.0785. The summed E-state index contributed by atoms with van der Waals surface area (Å²) in [5.74, 6) is 0.378. The minimum absolute atomic E-state index is 0. The van der Waals surface area contributed by atoms with Crippen molar-refractivity contribution in [2.24, 2.45) is 11.7 Å². The summed E-state index contributed by atoms with van der Waals surface area (Å²) in [5.41, 5.74) is 6.29. The Morgan fingerprint density at radius 2 is 1.79 bits per heavy atom. The number of carbonyl (C=O) groups excluding carboxylic acids is 1. The number of ether oxygens (including phenoxy) is 1. The van der Waals surface area contributed by atoms with Crippen molar-refractivity contribution >= 4 is 28.3 Å². The summed E-state index contributed by atoms with van der Waals surface area (Å²) in [6.45, 7) is 8.84. The first kappa shape index (κ1) is 26.6. The van der Waals surface area contributed by atoms with E-state index in [1.54, 1.807) is 25.8 Å². The summed E-state index contributed by atoms with van der Waals surface area (Å²) in [6, 6.07) is 4.39. The van der Waals surface area contributed by atoms with Crippen LogP contribution in [0.1, 0.15) is 44.5 Å². The molecule has 1 aromatic rings. The van der Waals surface area contributed by atoms with Gasteiger partial charge in [0.05, 0.1) is 17.6 Å². The number of hydrogen-bond donors (Lipinski definition) is 1. The molecule has 0 aliphatic rings. The normalized spacial score (nSPS) is 12.6. The minimum Gasteiger partial charge on any atom is -0.496 e. The van der Waals surface area contributed by atoms with Crippen LogP contribution in [0.4, 0.5) is 0 Å². The van der Waals surface area contributed by atoms with Crippen LogP contribution in [0.5, 0.6) is 5.75 Å². The molecule has 162 valence electrons. The Kier molecular flexibility index (Phi) is 11.0. The molecule has 0 saturated carbocycles. The largest absolute Gasteiger partial charge is 0.496 e. The van der Waals surface area contributed by atoms with Crippen LogP contribution in [-0.2, 0) is 10.0 Å². The molecule has 0 heterocycles. The molecular weight excluding hydrogens is 402 g/mol. The summed E-state index contributed by atoms with van der Waals surface area (Å²) in [5, 5.41) is 0. The number of amides is 1. The van der Waals surface area contributed by atoms with Gasteiger partial charge in [0.15, 0.2) is 0 Å². The van der Waals surface area contributed by atoms with Gasteiger partial charge in [-0.15, -0.1) is 12.4 Å². The van der Waals surface area contributed by atoms with E-state index in [1.165, 1.54) is 29.6 Å². The van der Waals surface area contributed by atoms with Crippen LogP contribution in [0.3, 0.4) is 0 Å². The Balaban J connectivity index is 0.00000729. The molecule has 0 aromatic heterocycles. The van der Waals surface area contributed by atoms with Crippen LogP contribution in [-0.4, -0.2) is 63.4 Å². The van der Waals surface area contributed by atoms with Gasteiger partial charge < -0.3 is 15.4 Å². The van der Waals surface area contributed by atoms with Crippen molar-refractivity contribution in [1.82, 2.24) is 9.21 Å². The number of hydrogen-bond acceptors (Lipinski definition) is 5. The van der Waals surface area contributed by atoms with Crippen molar-refractivity contribution < 1.29 is 17.9 Å². The highest BCUT2D eigenvalue weighted by Gasteiger charge is 2.25. The number of nitrogens with two attached hydrogens (primary N) is 1. The molecular formula is C19H34ClN3O4S. The van der Waals surface area contributed by atoms with Gasteiger partial charge in [0, 0.05) is 32.7 Å². The SMILES string of the molecule is CCN(CC)S(=O)(=O)c1ccc(OC)c(C(=O)N(C)CCC(N)C(C)C)c1.Cl. The zero-order chi connectivity index (χ0) is 20.8. The van der Waals surface area contributed by atoms with Crippen LogP contribution >= 0.6 is 12.4 Å². The Morgan fingerprint density at radius 1 is 1.21 bits per heavy atom. The highest BCUT2D eigenvalue weighted by molar-refractivity contribution is 7.89. The van der Waals surface area contributed by atoms with Crippen LogP contribution in [0.15, 0.2) is 23.1 Å². The summed E-state index contributed by atoms with van der Waals surface area (Å²) in [4.78, 5) is 14.5. The van der Waals surface area contributed by atoms with Crippen molar-refractivity contribution in [2.45, 2.75) is 45.1 Å². The van der Waals surface area contributed by atoms with E-state index < -0.39 is 10.0 Å². The van der Waals surface area contributed by atoms with Gasteiger partial charge >= 0.3 is 0 Å². The molecule has 0 spiro atoms. The van der Waals surface area contributed by atoms with Crippen LogP contribution < -0.4 is 10.5 Å². The molecule has 1 amide bonds. The molecule has 1 rings (SSSR count). The Bertz CT molecular complexity index is 737. The first-order chi connectivity index (χ1) is 12.6. The summed E-state index contributed by atoms with van der Waals surface area (Å²) in [7, 11) is -0.519. The Morgan fingerprint density at radius 3 is 2.25 bits per heavy atom. The average molecular weight is 436 g/mol. The monoisotopic (exact) mass is 435 g/mol. The highest BCUT2D eigenvalue weighted by Crippen LogP contribution is 2.25. The van der Waals surface area contributed by atoms with Gasteiger partial charge in [0.2, 0.25) is 10.0 Å². The molecule has 0 aliphatic heterocycles. The van der Waals surface area contributed by atoms with E-state index in [0.29, 0.717) is 37.7 Å². The Hall–Kier alpha value is -1.35. The second-order valence-corrected chi connectivity index (χ2v) is 8.81. The summed E-state index contributed by atoms with van der Waals surface area (Å²) < 4.78 is 32.2. The maximum atomic E-state index is 12.9. The van der Waals surface area contributed by atoms with Gasteiger partial charge in [-0.05, 0) is 30.5 Å². The van der Waals surface area contributed by atoms with Crippen molar-refractivity contribution in [3.05, 3.63) is 23.8 Å². The average Bonchev–Trinajstić information content (AvgIpc) is 2.65. The van der Waals surface area contributed by atoms with Gasteiger partial charge in [-0.1, -0.05) is 27.7 Å². The fraction of sp³-hybridized carbons (Fsp3) is 0.632. The minimum atomic E-state index is -3.66. The maximum absolute atomic E-state index is 12.9. The van der Waals surface area contributed by atoms with Crippen molar-refractivity contribution in [1.29, 1.82) is 0 Å². The number of halogens is 1. The molecule has 1 unspecified atom stereocenters. The molecule has 1 aromatic carbocycles. The standard InChI is InChI=1S/C19H33N3O4S.ClH/c1-7-22(8-2)27(24,25)15-9-10-18(26-6)16(13-15)19(23)21(5)12-11-17(20)14(3)4;/h9-10,13-14,17H,7-8,11-12,20H2,1-6H3;1H. The fourth-order valence-corrected chi connectivity index (χ4v) is 4.20. The lowest BCUT2D eigenvalue weighted by atomic mass is 10.0. The molecule has 2 N–H and O–H groups in total. The molecule has 0 aliphatic carbocycles. The fourth-order valence-electron chi connectivity index (χ4n) is 2.71. The quantitative estimate of drug-likeness (QED) is 0.609. The predicted molar refractivity (Wildman–Crippen MR) is 115 cm³/mol. The number of rotatable bonds is 10. The van der Waals surface area contributed by atoms with E-state index in [2.05, 4.69) is 0 Å². The molecule has 0 radical (unpaired) electrons. The summed E-state index contributed by atoms with van der Waals surface area (Å²) in [6.07, 6.45) is 0.666. The smallest absolute Gasteiger partial charge is 0.257 e. The van der Waals surface area contributed by atoms with E-state index >= 15 is 0 Å². The van der Waals surface area contributed by atoms with Crippen molar-refractivity contribution in [2.75, 3.05) is 33.8 Å². The van der Waals surface area contributed by atoms with Crippen molar-refractivity contribution in [3.8, 4) is 5.75 Å². The number of benzene rings is 1. The van der Waals surface area contributed by atoms with Crippen LogP contribution in [0.25, 0.3) is 0 Å². The first-order valence-electron chi connectivity index (χ1n) is 9.29. The van der Waals surface area contributed by atoms with Crippen LogP contribution in [0, 0.1) is 5.92 Å². The molecule has 9 heteroatoms. The zero-order valence-corrected chi connectivity index (χ0v) is 19.3. The van der Waals surface area contributed by atoms with Crippen LogP contribution in [0.2, 0.25) is 0 Å². The lowest BCUT2D eigenvalue weighted by Gasteiger charge is -2.23. The number of carbonyl (C=O) groups is 1. The number of methoxy groups -OCH3 is 1. The number of sulfonamides is 1. The van der Waals surface area contributed by atoms with E-state index in [0.717, 1.165) is 0 Å². The third-order valence-corrected chi connectivity index (χ3v) is 6.79. The second-order valence-electron chi connectivity index (χ2n) is 6.87. The van der Waals surface area contributed by atoms with E-state index in [-0.39, 0.29) is 34.8 Å². The highest BCUT2D eigenvalue weighted by atomic mass is 35.5. The van der Waals surface area contributed by atoms with E-state index in [4.69, 9.17) is 10.5 Å². The first-order valence-corrected chi connectivity index (χ1v) is 10.7. The van der Waals surface area contributed by atoms with Gasteiger partial charge in [-0.2, -0.15) is 4.31 Å². The third kappa shape index (κ3) is 6.34. The van der Waals surface area contributed by atoms with E-state index in [9.17, 15) is 13.2 Å². The molecule has 28 heavy (non-hydrogen) atoms. The number of nitrogens with zero attached hydrogens (tertiary/aromatic N) is 2. The van der Waals surface area contributed by atoms with Gasteiger partial charge in [0.25, 0.3) is 5.91 Å². The third-order valence-electron chi connectivity index (χ3n) is 4.75. The summed E-state index contributed by atoms with van der Waals surface area (Å²) >= 11 is 0. The topological polar surface area (TPSA) is 92.9 Å². The molecule has 0 saturated heterocycles. The molecule has 0 fully saturated rings. The van der Waals surface area contributed by atoms with Crippen molar-refractivity contribution in [3.63, 3.8) is 0 Å². The van der Waals surface area contributed by atoms with Gasteiger partial charge in [0.1, 0.15) is 5.75 Å². The predicted octanol–water partition coefficient (Wildman–Crippen LogP) is 2.59. The van der Waals surface area contributed by atoms with E-state index in [1.807, 2.05) is 13.8 Å². The molecule has 0 bridgehead atoms.